The summed E-state index contributed by atoms with van der Waals surface area (Å²) >= 11 is 0. The third-order valence-corrected chi connectivity index (χ3v) is 3.19. The van der Waals surface area contributed by atoms with Crippen LogP contribution < -0.4 is 14.8 Å². The van der Waals surface area contributed by atoms with E-state index in [0.717, 1.165) is 17.9 Å². The molecule has 22 heavy (non-hydrogen) atoms. The lowest BCUT2D eigenvalue weighted by molar-refractivity contribution is -0.123. The van der Waals surface area contributed by atoms with Crippen molar-refractivity contribution in [3.63, 3.8) is 0 Å². The number of hydrogen-bond donors (Lipinski definition) is 1. The van der Waals surface area contributed by atoms with E-state index in [1.807, 2.05) is 56.3 Å². The lowest BCUT2D eigenvalue weighted by atomic mass is 10.2. The normalized spacial score (nSPS) is 11.5. The summed E-state index contributed by atoms with van der Waals surface area (Å²) in [5.74, 6) is 2.03. The molecule has 0 saturated heterocycles. The third kappa shape index (κ3) is 5.13. The number of para-hydroxylation sites is 1. The summed E-state index contributed by atoms with van der Waals surface area (Å²) in [5.41, 5.74) is 0. The van der Waals surface area contributed by atoms with Crippen LogP contribution in [0.1, 0.15) is 20.3 Å². The molecule has 0 bridgehead atoms. The smallest absolute Gasteiger partial charge is 0.258 e. The van der Waals surface area contributed by atoms with Crippen molar-refractivity contribution in [2.45, 2.75) is 26.3 Å². The van der Waals surface area contributed by atoms with Crippen molar-refractivity contribution in [2.75, 3.05) is 6.61 Å². The van der Waals surface area contributed by atoms with Crippen molar-refractivity contribution >= 4 is 5.91 Å². The van der Waals surface area contributed by atoms with Crippen LogP contribution in [-0.4, -0.2) is 18.6 Å². The average Bonchev–Trinajstić information content (AvgIpc) is 2.55. The van der Waals surface area contributed by atoms with Crippen molar-refractivity contribution in [1.29, 1.82) is 0 Å². The molecule has 0 unspecified atom stereocenters. The van der Waals surface area contributed by atoms with Crippen LogP contribution in [0.5, 0.6) is 17.2 Å². The van der Waals surface area contributed by atoms with Gasteiger partial charge >= 0.3 is 0 Å². The van der Waals surface area contributed by atoms with Gasteiger partial charge in [0.1, 0.15) is 17.2 Å². The van der Waals surface area contributed by atoms with E-state index in [2.05, 4.69) is 5.32 Å². The molecule has 0 fully saturated rings. The van der Waals surface area contributed by atoms with Crippen LogP contribution in [0.25, 0.3) is 0 Å². The zero-order valence-corrected chi connectivity index (χ0v) is 12.9. The Labute approximate surface area is 131 Å². The summed E-state index contributed by atoms with van der Waals surface area (Å²) in [6.45, 7) is 4.01. The number of amides is 1. The Morgan fingerprint density at radius 2 is 1.59 bits per heavy atom. The molecule has 116 valence electrons. The second-order valence-corrected chi connectivity index (χ2v) is 5.05. The minimum absolute atomic E-state index is 0.0171. The van der Waals surface area contributed by atoms with Gasteiger partial charge in [0.15, 0.2) is 6.61 Å². The van der Waals surface area contributed by atoms with Gasteiger partial charge in [0.05, 0.1) is 0 Å². The molecule has 0 heterocycles. The van der Waals surface area contributed by atoms with E-state index in [-0.39, 0.29) is 18.6 Å². The minimum Gasteiger partial charge on any atom is -0.484 e. The number of hydrogen-bond acceptors (Lipinski definition) is 3. The molecule has 0 aromatic heterocycles. The molecule has 1 amide bonds. The molecule has 4 nitrogen and oxygen atoms in total. The third-order valence-electron chi connectivity index (χ3n) is 3.19. The largest absolute Gasteiger partial charge is 0.484 e. The van der Waals surface area contributed by atoms with Crippen LogP contribution in [0.3, 0.4) is 0 Å². The summed E-state index contributed by atoms with van der Waals surface area (Å²) in [7, 11) is 0. The molecule has 0 aliphatic rings. The van der Waals surface area contributed by atoms with Gasteiger partial charge in [-0.3, -0.25) is 4.79 Å². The number of ether oxygens (including phenoxy) is 2. The molecule has 4 heteroatoms. The zero-order valence-electron chi connectivity index (χ0n) is 12.9. The molecule has 2 rings (SSSR count). The molecule has 0 aliphatic carbocycles. The topological polar surface area (TPSA) is 47.6 Å². The second-order valence-electron chi connectivity index (χ2n) is 5.05. The molecule has 1 atom stereocenters. The first-order chi connectivity index (χ1) is 10.7. The highest BCUT2D eigenvalue weighted by atomic mass is 16.5. The Hall–Kier alpha value is -2.49. The number of benzene rings is 2. The molecule has 2 aromatic carbocycles. The Morgan fingerprint density at radius 3 is 2.23 bits per heavy atom. The monoisotopic (exact) mass is 299 g/mol. The molecule has 0 aliphatic heterocycles. The molecular weight excluding hydrogens is 278 g/mol. The highest BCUT2D eigenvalue weighted by Gasteiger charge is 2.06. The maximum Gasteiger partial charge on any atom is 0.258 e. The van der Waals surface area contributed by atoms with E-state index >= 15 is 0 Å². The Kier molecular flexibility index (Phi) is 5.83. The predicted octanol–water partition coefficient (Wildman–Crippen LogP) is 3.77. The number of rotatable bonds is 7. The Bertz CT molecular complexity index is 581. The molecule has 0 saturated carbocycles. The lowest BCUT2D eigenvalue weighted by Gasteiger charge is -2.12. The number of carbonyl (C=O) groups excluding carboxylic acids is 1. The van der Waals surface area contributed by atoms with Gasteiger partial charge in [0, 0.05) is 6.04 Å². The molecule has 0 radical (unpaired) electrons. The van der Waals surface area contributed by atoms with Crippen LogP contribution in [0.4, 0.5) is 0 Å². The first kappa shape index (κ1) is 15.9. The zero-order chi connectivity index (χ0) is 15.8. The second kappa shape index (κ2) is 8.08. The number of carbonyl (C=O) groups is 1. The Morgan fingerprint density at radius 1 is 1.00 bits per heavy atom. The van der Waals surface area contributed by atoms with Gasteiger partial charge in [-0.05, 0) is 49.7 Å². The van der Waals surface area contributed by atoms with E-state index < -0.39 is 0 Å². The fourth-order valence-corrected chi connectivity index (χ4v) is 1.80. The molecule has 2 aromatic rings. The van der Waals surface area contributed by atoms with Gasteiger partial charge in [0.2, 0.25) is 0 Å². The highest BCUT2D eigenvalue weighted by molar-refractivity contribution is 5.77. The van der Waals surface area contributed by atoms with Crippen molar-refractivity contribution in [1.82, 2.24) is 5.32 Å². The number of nitrogens with one attached hydrogen (secondary N) is 1. The SMILES string of the molecule is CC[C@@H](C)NC(=O)COc1ccc(Oc2ccccc2)cc1. The summed E-state index contributed by atoms with van der Waals surface area (Å²) in [4.78, 5) is 11.6. The van der Waals surface area contributed by atoms with Gasteiger partial charge in [-0.2, -0.15) is 0 Å². The standard InChI is InChI=1S/C18H21NO3/c1-3-14(2)19-18(20)13-21-15-9-11-17(12-10-15)22-16-7-5-4-6-8-16/h4-12,14H,3,13H2,1-2H3,(H,19,20)/t14-/m1/s1. The Balaban J connectivity index is 1.83. The van der Waals surface area contributed by atoms with Crippen molar-refractivity contribution in [3.8, 4) is 17.2 Å². The minimum atomic E-state index is -0.112. The van der Waals surface area contributed by atoms with E-state index in [0.29, 0.717) is 5.75 Å². The van der Waals surface area contributed by atoms with E-state index in [9.17, 15) is 4.79 Å². The lowest BCUT2D eigenvalue weighted by Crippen LogP contribution is -2.35. The molecular formula is C18H21NO3. The quantitative estimate of drug-likeness (QED) is 0.846. The fourth-order valence-electron chi connectivity index (χ4n) is 1.80. The van der Waals surface area contributed by atoms with Gasteiger partial charge in [0.25, 0.3) is 5.91 Å². The van der Waals surface area contributed by atoms with Crippen molar-refractivity contribution < 1.29 is 14.3 Å². The van der Waals surface area contributed by atoms with Crippen LogP contribution in [-0.2, 0) is 4.79 Å². The maximum absolute atomic E-state index is 11.6. The summed E-state index contributed by atoms with van der Waals surface area (Å²) in [6, 6.07) is 16.9. The summed E-state index contributed by atoms with van der Waals surface area (Å²) in [6.07, 6.45) is 0.900. The predicted molar refractivity (Wildman–Crippen MR) is 86.3 cm³/mol. The van der Waals surface area contributed by atoms with Gasteiger partial charge < -0.3 is 14.8 Å². The molecule has 0 spiro atoms. The van der Waals surface area contributed by atoms with Gasteiger partial charge in [-0.15, -0.1) is 0 Å². The van der Waals surface area contributed by atoms with E-state index in [1.54, 1.807) is 12.1 Å². The van der Waals surface area contributed by atoms with Gasteiger partial charge in [-0.1, -0.05) is 25.1 Å². The fraction of sp³-hybridized carbons (Fsp3) is 0.278. The van der Waals surface area contributed by atoms with Crippen molar-refractivity contribution in [2.24, 2.45) is 0 Å². The maximum atomic E-state index is 11.6. The average molecular weight is 299 g/mol. The highest BCUT2D eigenvalue weighted by Crippen LogP contribution is 2.23. The van der Waals surface area contributed by atoms with E-state index in [1.165, 1.54) is 0 Å². The molecule has 1 N–H and O–H groups in total. The first-order valence-electron chi connectivity index (χ1n) is 7.42. The van der Waals surface area contributed by atoms with Crippen molar-refractivity contribution in [3.05, 3.63) is 54.6 Å². The van der Waals surface area contributed by atoms with Crippen LogP contribution in [0.15, 0.2) is 54.6 Å². The first-order valence-corrected chi connectivity index (χ1v) is 7.42. The van der Waals surface area contributed by atoms with Crippen LogP contribution in [0, 0.1) is 0 Å². The summed E-state index contributed by atoms with van der Waals surface area (Å²) < 4.78 is 11.1. The van der Waals surface area contributed by atoms with E-state index in [4.69, 9.17) is 9.47 Å². The van der Waals surface area contributed by atoms with Gasteiger partial charge in [-0.25, -0.2) is 0 Å². The summed E-state index contributed by atoms with van der Waals surface area (Å²) in [5, 5.41) is 2.86. The van der Waals surface area contributed by atoms with Crippen LogP contribution >= 0.6 is 0 Å². The van der Waals surface area contributed by atoms with Crippen LogP contribution in [0.2, 0.25) is 0 Å².